The predicted molar refractivity (Wildman–Crippen MR) is 53.9 cm³/mol. The third-order valence-corrected chi connectivity index (χ3v) is 3.24. The second-order valence-corrected chi connectivity index (χ2v) is 4.39. The van der Waals surface area contributed by atoms with Gasteiger partial charge >= 0.3 is 0 Å². The van der Waals surface area contributed by atoms with Crippen molar-refractivity contribution in [2.75, 3.05) is 13.2 Å². The van der Waals surface area contributed by atoms with Crippen LogP contribution in [-0.4, -0.2) is 25.2 Å². The average molecular weight is 197 g/mol. The van der Waals surface area contributed by atoms with Crippen LogP contribution in [-0.2, 0) is 9.53 Å². The Hall–Kier alpha value is -0.570. The summed E-state index contributed by atoms with van der Waals surface area (Å²) >= 11 is 0. The molecule has 1 saturated carbocycles. The number of hydrogen-bond acceptors (Lipinski definition) is 2. The van der Waals surface area contributed by atoms with E-state index in [0.29, 0.717) is 17.9 Å². The van der Waals surface area contributed by atoms with Gasteiger partial charge in [0, 0.05) is 25.0 Å². The third-order valence-electron chi connectivity index (χ3n) is 3.24. The van der Waals surface area contributed by atoms with Crippen LogP contribution in [0.3, 0.4) is 0 Å². The van der Waals surface area contributed by atoms with Gasteiger partial charge in [0.15, 0.2) is 0 Å². The largest absolute Gasteiger partial charge is 0.378 e. The smallest absolute Gasteiger partial charge is 0.223 e. The van der Waals surface area contributed by atoms with Crippen molar-refractivity contribution in [3.8, 4) is 0 Å². The summed E-state index contributed by atoms with van der Waals surface area (Å²) in [5.74, 6) is 1.13. The van der Waals surface area contributed by atoms with Crippen LogP contribution in [0.5, 0.6) is 0 Å². The molecular weight excluding hydrogens is 178 g/mol. The molecule has 0 aromatic rings. The molecule has 0 aromatic carbocycles. The highest BCUT2D eigenvalue weighted by atomic mass is 16.5. The van der Waals surface area contributed by atoms with Crippen molar-refractivity contribution in [3.63, 3.8) is 0 Å². The summed E-state index contributed by atoms with van der Waals surface area (Å²) < 4.78 is 5.57. The fourth-order valence-electron chi connectivity index (χ4n) is 2.10. The first-order valence-electron chi connectivity index (χ1n) is 5.70. The molecule has 3 nitrogen and oxygen atoms in total. The average Bonchev–Trinajstić information content (AvgIpc) is 2.94. The van der Waals surface area contributed by atoms with Gasteiger partial charge in [0.25, 0.3) is 0 Å². The third kappa shape index (κ3) is 2.27. The van der Waals surface area contributed by atoms with Gasteiger partial charge in [-0.15, -0.1) is 0 Å². The Morgan fingerprint density at radius 1 is 1.43 bits per heavy atom. The zero-order valence-corrected chi connectivity index (χ0v) is 8.79. The van der Waals surface area contributed by atoms with Gasteiger partial charge in [-0.2, -0.15) is 0 Å². The lowest BCUT2D eigenvalue weighted by Crippen LogP contribution is -2.33. The van der Waals surface area contributed by atoms with Gasteiger partial charge in [0.05, 0.1) is 6.10 Å². The Labute approximate surface area is 85.2 Å². The number of ether oxygens (including phenoxy) is 1. The summed E-state index contributed by atoms with van der Waals surface area (Å²) in [6.45, 7) is 3.82. The first-order valence-corrected chi connectivity index (χ1v) is 5.70. The molecule has 2 fully saturated rings. The summed E-state index contributed by atoms with van der Waals surface area (Å²) in [6.07, 6.45) is 4.71. The van der Waals surface area contributed by atoms with Crippen LogP contribution in [0.2, 0.25) is 0 Å². The van der Waals surface area contributed by atoms with Gasteiger partial charge in [-0.05, 0) is 25.7 Å². The van der Waals surface area contributed by atoms with E-state index in [1.807, 2.05) is 0 Å². The Balaban J connectivity index is 1.70. The molecule has 2 atom stereocenters. The molecule has 0 spiro atoms. The number of hydrogen-bond donors (Lipinski definition) is 1. The molecular formula is C11H19NO2. The Bertz CT molecular complexity index is 213. The highest BCUT2D eigenvalue weighted by Gasteiger charge is 2.31. The Kier molecular flexibility index (Phi) is 3.06. The predicted octanol–water partition coefficient (Wildman–Crippen LogP) is 1.33. The molecule has 0 radical (unpaired) electrons. The molecule has 80 valence electrons. The van der Waals surface area contributed by atoms with E-state index in [2.05, 4.69) is 12.2 Å². The van der Waals surface area contributed by atoms with Gasteiger partial charge in [-0.3, -0.25) is 4.79 Å². The fraction of sp³-hybridized carbons (Fsp3) is 0.909. The number of rotatable bonds is 4. The Morgan fingerprint density at radius 2 is 2.21 bits per heavy atom. The minimum Gasteiger partial charge on any atom is -0.378 e. The monoisotopic (exact) mass is 197 g/mol. The normalized spacial score (nSPS) is 31.8. The minimum absolute atomic E-state index is 0.256. The van der Waals surface area contributed by atoms with Gasteiger partial charge in [-0.25, -0.2) is 0 Å². The summed E-state index contributed by atoms with van der Waals surface area (Å²) in [5, 5.41) is 3.03. The molecule has 1 aliphatic heterocycles. The summed E-state index contributed by atoms with van der Waals surface area (Å²) in [7, 11) is 0. The van der Waals surface area contributed by atoms with E-state index in [9.17, 15) is 4.79 Å². The summed E-state index contributed by atoms with van der Waals surface area (Å²) in [6, 6.07) is 0. The molecule has 1 aliphatic carbocycles. The topological polar surface area (TPSA) is 38.3 Å². The standard InChI is InChI=1S/C11H19NO2/c1-2-10-9(5-6-14-10)7-12-11(13)8-3-4-8/h8-10H,2-7H2,1H3,(H,12,13). The highest BCUT2D eigenvalue weighted by molar-refractivity contribution is 5.80. The molecule has 1 N–H and O–H groups in total. The Morgan fingerprint density at radius 3 is 2.86 bits per heavy atom. The van der Waals surface area contributed by atoms with E-state index in [0.717, 1.165) is 38.8 Å². The van der Waals surface area contributed by atoms with Crippen molar-refractivity contribution in [2.45, 2.75) is 38.7 Å². The SMILES string of the molecule is CCC1OCCC1CNC(=O)C1CC1. The van der Waals surface area contributed by atoms with Gasteiger partial charge in [0.1, 0.15) is 0 Å². The lowest BCUT2D eigenvalue weighted by atomic mass is 10.00. The van der Waals surface area contributed by atoms with Crippen LogP contribution in [0, 0.1) is 11.8 Å². The fourth-order valence-corrected chi connectivity index (χ4v) is 2.10. The molecule has 1 amide bonds. The van der Waals surface area contributed by atoms with Crippen molar-refractivity contribution in [2.24, 2.45) is 11.8 Å². The molecule has 14 heavy (non-hydrogen) atoms. The lowest BCUT2D eigenvalue weighted by Gasteiger charge is -2.17. The maximum absolute atomic E-state index is 11.4. The van der Waals surface area contributed by atoms with Crippen LogP contribution in [0.1, 0.15) is 32.6 Å². The van der Waals surface area contributed by atoms with Crippen molar-refractivity contribution in [1.82, 2.24) is 5.32 Å². The number of nitrogens with one attached hydrogen (secondary N) is 1. The second-order valence-electron chi connectivity index (χ2n) is 4.39. The van der Waals surface area contributed by atoms with E-state index < -0.39 is 0 Å². The molecule has 1 saturated heterocycles. The molecule has 0 bridgehead atoms. The molecule has 2 aliphatic rings. The van der Waals surface area contributed by atoms with Crippen molar-refractivity contribution in [1.29, 1.82) is 0 Å². The lowest BCUT2D eigenvalue weighted by molar-refractivity contribution is -0.122. The van der Waals surface area contributed by atoms with Crippen LogP contribution >= 0.6 is 0 Å². The first-order chi connectivity index (χ1) is 6.81. The van der Waals surface area contributed by atoms with E-state index in [-0.39, 0.29) is 5.91 Å². The summed E-state index contributed by atoms with van der Waals surface area (Å²) in [5.41, 5.74) is 0. The van der Waals surface area contributed by atoms with E-state index in [1.54, 1.807) is 0 Å². The first kappa shape index (κ1) is 9.97. The number of carbonyl (C=O) groups is 1. The zero-order valence-electron chi connectivity index (χ0n) is 8.79. The molecule has 2 rings (SSSR count). The second kappa shape index (κ2) is 4.30. The van der Waals surface area contributed by atoms with Crippen molar-refractivity contribution >= 4 is 5.91 Å². The van der Waals surface area contributed by atoms with E-state index in [4.69, 9.17) is 4.74 Å². The minimum atomic E-state index is 0.256. The molecule has 3 heteroatoms. The van der Waals surface area contributed by atoms with Gasteiger partial charge < -0.3 is 10.1 Å². The molecule has 1 heterocycles. The molecule has 0 aromatic heterocycles. The maximum Gasteiger partial charge on any atom is 0.223 e. The highest BCUT2D eigenvalue weighted by Crippen LogP contribution is 2.29. The van der Waals surface area contributed by atoms with E-state index >= 15 is 0 Å². The quantitative estimate of drug-likeness (QED) is 0.738. The number of carbonyl (C=O) groups excluding carboxylic acids is 1. The molecule has 2 unspecified atom stereocenters. The summed E-state index contributed by atoms with van der Waals surface area (Å²) in [4.78, 5) is 11.4. The van der Waals surface area contributed by atoms with Crippen LogP contribution in [0.4, 0.5) is 0 Å². The van der Waals surface area contributed by atoms with Gasteiger partial charge in [-0.1, -0.05) is 6.92 Å². The maximum atomic E-state index is 11.4. The van der Waals surface area contributed by atoms with Crippen LogP contribution in [0.15, 0.2) is 0 Å². The van der Waals surface area contributed by atoms with E-state index in [1.165, 1.54) is 0 Å². The van der Waals surface area contributed by atoms with Crippen LogP contribution in [0.25, 0.3) is 0 Å². The zero-order chi connectivity index (χ0) is 9.97. The number of amides is 1. The van der Waals surface area contributed by atoms with Crippen LogP contribution < -0.4 is 5.32 Å². The van der Waals surface area contributed by atoms with Crippen molar-refractivity contribution < 1.29 is 9.53 Å². The van der Waals surface area contributed by atoms with Gasteiger partial charge in [0.2, 0.25) is 5.91 Å². The van der Waals surface area contributed by atoms with Crippen molar-refractivity contribution in [3.05, 3.63) is 0 Å².